The van der Waals surface area contributed by atoms with E-state index in [0.717, 1.165) is 18.9 Å². The molecule has 88 valence electrons. The van der Waals surface area contributed by atoms with Crippen molar-refractivity contribution < 1.29 is 0 Å². The maximum atomic E-state index is 8.92. The van der Waals surface area contributed by atoms with E-state index in [4.69, 9.17) is 5.26 Å². The molecule has 0 rings (SSSR count). The van der Waals surface area contributed by atoms with Gasteiger partial charge in [-0.25, -0.2) is 0 Å². The molecule has 2 unspecified atom stereocenters. The first-order chi connectivity index (χ1) is 6.95. The minimum absolute atomic E-state index is 0.247. The Morgan fingerprint density at radius 2 is 1.87 bits per heavy atom. The van der Waals surface area contributed by atoms with E-state index in [2.05, 4.69) is 32.2 Å². The summed E-state index contributed by atoms with van der Waals surface area (Å²) in [6, 6.07) is 2.89. The van der Waals surface area contributed by atoms with E-state index >= 15 is 0 Å². The Morgan fingerprint density at radius 1 is 1.27 bits per heavy atom. The topological polar surface area (TPSA) is 35.8 Å². The number of hydrogen-bond donors (Lipinski definition) is 1. The predicted octanol–water partition coefficient (Wildman–Crippen LogP) is 3.34. The van der Waals surface area contributed by atoms with Crippen molar-refractivity contribution in [2.75, 3.05) is 6.54 Å². The van der Waals surface area contributed by atoms with Gasteiger partial charge in [0, 0.05) is 12.6 Å². The predicted molar refractivity (Wildman–Crippen MR) is 65.5 cm³/mol. The standard InChI is InChI=1S/C13H26N2/c1-6-11(3)8-12(7-2)15-10-13(4,5)9-14/h11-12,15H,6-8,10H2,1-5H3. The van der Waals surface area contributed by atoms with Crippen molar-refractivity contribution in [3.63, 3.8) is 0 Å². The second-order valence-corrected chi connectivity index (χ2v) is 5.23. The third-order valence-electron chi connectivity index (χ3n) is 3.01. The zero-order chi connectivity index (χ0) is 11.9. The third kappa shape index (κ3) is 6.52. The fourth-order valence-corrected chi connectivity index (χ4v) is 1.49. The molecule has 0 heterocycles. The molecule has 1 N–H and O–H groups in total. The first-order valence-corrected chi connectivity index (χ1v) is 6.09. The van der Waals surface area contributed by atoms with E-state index in [1.807, 2.05) is 13.8 Å². The molecule has 2 heteroatoms. The fourth-order valence-electron chi connectivity index (χ4n) is 1.49. The van der Waals surface area contributed by atoms with Gasteiger partial charge in [-0.15, -0.1) is 0 Å². The molecule has 0 aromatic rings. The van der Waals surface area contributed by atoms with Crippen molar-refractivity contribution in [2.24, 2.45) is 11.3 Å². The van der Waals surface area contributed by atoms with Crippen LogP contribution in [-0.2, 0) is 0 Å². The van der Waals surface area contributed by atoms with Crippen LogP contribution in [0.3, 0.4) is 0 Å². The molecule has 0 aromatic carbocycles. The second-order valence-electron chi connectivity index (χ2n) is 5.23. The maximum absolute atomic E-state index is 8.92. The van der Waals surface area contributed by atoms with E-state index in [-0.39, 0.29) is 5.41 Å². The zero-order valence-corrected chi connectivity index (χ0v) is 10.9. The Hall–Kier alpha value is -0.550. The average molecular weight is 210 g/mol. The summed E-state index contributed by atoms with van der Waals surface area (Å²) in [6.45, 7) is 11.5. The molecule has 0 saturated carbocycles. The molecule has 0 aromatic heterocycles. The van der Waals surface area contributed by atoms with Gasteiger partial charge in [0.15, 0.2) is 0 Å². The smallest absolute Gasteiger partial charge is 0.0697 e. The SMILES string of the molecule is CCC(C)CC(CC)NCC(C)(C)C#N. The normalized spacial score (nSPS) is 15.7. The fraction of sp³-hybridized carbons (Fsp3) is 0.923. The lowest BCUT2D eigenvalue weighted by Gasteiger charge is -2.24. The van der Waals surface area contributed by atoms with Crippen molar-refractivity contribution in [1.29, 1.82) is 5.26 Å². The maximum Gasteiger partial charge on any atom is 0.0697 e. The highest BCUT2D eigenvalue weighted by atomic mass is 14.9. The van der Waals surface area contributed by atoms with Gasteiger partial charge >= 0.3 is 0 Å². The van der Waals surface area contributed by atoms with Crippen LogP contribution >= 0.6 is 0 Å². The van der Waals surface area contributed by atoms with Crippen molar-refractivity contribution in [2.45, 2.75) is 59.9 Å². The van der Waals surface area contributed by atoms with Crippen molar-refractivity contribution in [1.82, 2.24) is 5.32 Å². The molecule has 0 radical (unpaired) electrons. The molecular weight excluding hydrogens is 184 g/mol. The summed E-state index contributed by atoms with van der Waals surface area (Å²) in [5, 5.41) is 12.4. The lowest BCUT2D eigenvalue weighted by atomic mass is 9.93. The molecule has 0 saturated heterocycles. The number of hydrogen-bond acceptors (Lipinski definition) is 2. The first-order valence-electron chi connectivity index (χ1n) is 6.09. The van der Waals surface area contributed by atoms with Crippen LogP contribution in [0.25, 0.3) is 0 Å². The zero-order valence-electron chi connectivity index (χ0n) is 10.9. The molecule has 2 nitrogen and oxygen atoms in total. The average Bonchev–Trinajstić information content (AvgIpc) is 2.23. The highest BCUT2D eigenvalue weighted by Gasteiger charge is 2.18. The van der Waals surface area contributed by atoms with Gasteiger partial charge in [0.1, 0.15) is 0 Å². The Morgan fingerprint density at radius 3 is 2.27 bits per heavy atom. The van der Waals surface area contributed by atoms with Gasteiger partial charge < -0.3 is 5.32 Å². The second kappa shape index (κ2) is 6.85. The molecule has 0 spiro atoms. The molecule has 2 atom stereocenters. The Labute approximate surface area is 95.1 Å². The Kier molecular flexibility index (Phi) is 6.60. The first kappa shape index (κ1) is 14.5. The van der Waals surface area contributed by atoms with E-state index in [1.54, 1.807) is 0 Å². The van der Waals surface area contributed by atoms with E-state index in [9.17, 15) is 0 Å². The van der Waals surface area contributed by atoms with Gasteiger partial charge in [-0.2, -0.15) is 5.26 Å². The van der Waals surface area contributed by atoms with E-state index in [0.29, 0.717) is 6.04 Å². The molecule has 0 amide bonds. The van der Waals surface area contributed by atoms with Crippen molar-refractivity contribution in [3.05, 3.63) is 0 Å². The minimum atomic E-state index is -0.247. The van der Waals surface area contributed by atoms with Gasteiger partial charge in [0.25, 0.3) is 0 Å². The lowest BCUT2D eigenvalue weighted by Crippen LogP contribution is -2.37. The number of nitrogens with zero attached hydrogens (tertiary/aromatic N) is 1. The monoisotopic (exact) mass is 210 g/mol. The number of nitriles is 1. The van der Waals surface area contributed by atoms with Gasteiger partial charge in [-0.05, 0) is 32.6 Å². The van der Waals surface area contributed by atoms with E-state index < -0.39 is 0 Å². The van der Waals surface area contributed by atoms with Gasteiger partial charge in [-0.1, -0.05) is 27.2 Å². The third-order valence-corrected chi connectivity index (χ3v) is 3.01. The van der Waals surface area contributed by atoms with Gasteiger partial charge in [-0.3, -0.25) is 0 Å². The van der Waals surface area contributed by atoms with Gasteiger partial charge in [0.05, 0.1) is 11.5 Å². The van der Waals surface area contributed by atoms with Crippen LogP contribution in [0, 0.1) is 22.7 Å². The van der Waals surface area contributed by atoms with Crippen LogP contribution < -0.4 is 5.32 Å². The minimum Gasteiger partial charge on any atom is -0.312 e. The Balaban J connectivity index is 3.96. The molecule has 0 bridgehead atoms. The Bertz CT molecular complexity index is 203. The molecule has 0 aliphatic heterocycles. The van der Waals surface area contributed by atoms with Crippen molar-refractivity contribution >= 4 is 0 Å². The van der Waals surface area contributed by atoms with E-state index in [1.165, 1.54) is 12.8 Å². The summed E-state index contributed by atoms with van der Waals surface area (Å²) < 4.78 is 0. The van der Waals surface area contributed by atoms with Crippen LogP contribution in [-0.4, -0.2) is 12.6 Å². The summed E-state index contributed by atoms with van der Waals surface area (Å²) in [5.41, 5.74) is -0.247. The van der Waals surface area contributed by atoms with Crippen molar-refractivity contribution in [3.8, 4) is 6.07 Å². The molecule has 0 aliphatic rings. The van der Waals surface area contributed by atoms with Crippen LogP contribution in [0.1, 0.15) is 53.9 Å². The highest BCUT2D eigenvalue weighted by Crippen LogP contribution is 2.15. The van der Waals surface area contributed by atoms with Crippen LogP contribution in [0.5, 0.6) is 0 Å². The summed E-state index contributed by atoms with van der Waals surface area (Å²) >= 11 is 0. The molecular formula is C13H26N2. The lowest BCUT2D eigenvalue weighted by molar-refractivity contribution is 0.343. The molecule has 0 fully saturated rings. The largest absolute Gasteiger partial charge is 0.312 e. The molecule has 15 heavy (non-hydrogen) atoms. The highest BCUT2D eigenvalue weighted by molar-refractivity contribution is 4.93. The summed E-state index contributed by atoms with van der Waals surface area (Å²) in [5.74, 6) is 0.771. The summed E-state index contributed by atoms with van der Waals surface area (Å²) in [7, 11) is 0. The molecule has 0 aliphatic carbocycles. The van der Waals surface area contributed by atoms with Crippen LogP contribution in [0.15, 0.2) is 0 Å². The summed E-state index contributed by atoms with van der Waals surface area (Å²) in [6.07, 6.45) is 3.60. The number of nitrogens with one attached hydrogen (secondary N) is 1. The summed E-state index contributed by atoms with van der Waals surface area (Å²) in [4.78, 5) is 0. The van der Waals surface area contributed by atoms with Crippen LogP contribution in [0.4, 0.5) is 0 Å². The van der Waals surface area contributed by atoms with Gasteiger partial charge in [0.2, 0.25) is 0 Å². The quantitative estimate of drug-likeness (QED) is 0.699. The number of rotatable bonds is 7. The van der Waals surface area contributed by atoms with Crippen LogP contribution in [0.2, 0.25) is 0 Å².